The summed E-state index contributed by atoms with van der Waals surface area (Å²) in [4.78, 5) is 11.3. The molecule has 0 aliphatic heterocycles. The number of aliphatic hydroxyl groups excluding tert-OH is 1. The Kier molecular flexibility index (Phi) is 3.53. The number of nitrogens with zero attached hydrogens (tertiary/aromatic N) is 2. The van der Waals surface area contributed by atoms with Crippen LogP contribution in [0.1, 0.15) is 10.5 Å². The highest BCUT2D eigenvalue weighted by atomic mass is 19.4. The van der Waals surface area contributed by atoms with Crippen LogP contribution in [0.25, 0.3) is 0 Å². The van der Waals surface area contributed by atoms with Crippen molar-refractivity contribution in [3.05, 3.63) is 18.0 Å². The Labute approximate surface area is 88.9 Å². The molecule has 1 aromatic heterocycles. The molecule has 0 aliphatic rings. The molecule has 1 heterocycles. The number of aromatic nitrogens is 2. The van der Waals surface area contributed by atoms with Gasteiger partial charge in [-0.05, 0) is 6.07 Å². The highest BCUT2D eigenvalue weighted by Gasteiger charge is 2.38. The summed E-state index contributed by atoms with van der Waals surface area (Å²) < 4.78 is 36.9. The Hall–Kier alpha value is -1.57. The van der Waals surface area contributed by atoms with Crippen molar-refractivity contribution in [2.24, 2.45) is 7.05 Å². The minimum Gasteiger partial charge on any atom is -0.382 e. The van der Waals surface area contributed by atoms with E-state index in [0.717, 1.165) is 0 Å². The lowest BCUT2D eigenvalue weighted by atomic mass is 10.3. The van der Waals surface area contributed by atoms with Gasteiger partial charge in [-0.1, -0.05) is 0 Å². The largest absolute Gasteiger partial charge is 0.416 e. The van der Waals surface area contributed by atoms with E-state index >= 15 is 0 Å². The van der Waals surface area contributed by atoms with E-state index in [1.807, 2.05) is 5.32 Å². The van der Waals surface area contributed by atoms with Crippen molar-refractivity contribution < 1.29 is 23.1 Å². The summed E-state index contributed by atoms with van der Waals surface area (Å²) in [7, 11) is 1.48. The SMILES string of the molecule is Cn1nccc1C(=O)NCC(O)C(F)(F)F. The predicted molar refractivity (Wildman–Crippen MR) is 47.6 cm³/mol. The summed E-state index contributed by atoms with van der Waals surface area (Å²) in [6.07, 6.45) is -5.96. The molecular formula is C8H10F3N3O2. The second kappa shape index (κ2) is 4.52. The average molecular weight is 237 g/mol. The van der Waals surface area contributed by atoms with Crippen molar-refractivity contribution >= 4 is 5.91 Å². The lowest BCUT2D eigenvalue weighted by Gasteiger charge is -2.14. The lowest BCUT2D eigenvalue weighted by Crippen LogP contribution is -2.41. The number of halogens is 3. The zero-order valence-corrected chi connectivity index (χ0v) is 8.32. The van der Waals surface area contributed by atoms with E-state index < -0.39 is 24.7 Å². The molecule has 0 fully saturated rings. The number of rotatable bonds is 3. The number of hydrogen-bond donors (Lipinski definition) is 2. The third kappa shape index (κ3) is 2.96. The number of carbonyl (C=O) groups is 1. The van der Waals surface area contributed by atoms with Gasteiger partial charge in [0.15, 0.2) is 6.10 Å². The van der Waals surface area contributed by atoms with Gasteiger partial charge in [-0.25, -0.2) is 0 Å². The fourth-order valence-electron chi connectivity index (χ4n) is 0.992. The Bertz CT molecular complexity index is 375. The van der Waals surface area contributed by atoms with Gasteiger partial charge in [-0.3, -0.25) is 9.48 Å². The van der Waals surface area contributed by atoms with Crippen LogP contribution in [0.2, 0.25) is 0 Å². The zero-order chi connectivity index (χ0) is 12.3. The normalized spacial score (nSPS) is 13.6. The van der Waals surface area contributed by atoms with Gasteiger partial charge in [0.2, 0.25) is 0 Å². The average Bonchev–Trinajstić information content (AvgIpc) is 2.58. The maximum atomic E-state index is 11.9. The molecular weight excluding hydrogens is 227 g/mol. The quantitative estimate of drug-likeness (QED) is 0.782. The van der Waals surface area contributed by atoms with Crippen molar-refractivity contribution in [2.45, 2.75) is 12.3 Å². The van der Waals surface area contributed by atoms with E-state index in [4.69, 9.17) is 5.11 Å². The molecule has 5 nitrogen and oxygen atoms in total. The van der Waals surface area contributed by atoms with Crippen LogP contribution in [0.5, 0.6) is 0 Å². The summed E-state index contributed by atoms with van der Waals surface area (Å²) >= 11 is 0. The highest BCUT2D eigenvalue weighted by Crippen LogP contribution is 2.19. The van der Waals surface area contributed by atoms with E-state index in [-0.39, 0.29) is 5.69 Å². The first-order chi connectivity index (χ1) is 7.32. The number of nitrogens with one attached hydrogen (secondary N) is 1. The molecule has 2 N–H and O–H groups in total. The molecule has 0 radical (unpaired) electrons. The number of hydrogen-bond acceptors (Lipinski definition) is 3. The molecule has 1 unspecified atom stereocenters. The van der Waals surface area contributed by atoms with E-state index in [0.29, 0.717) is 0 Å². The van der Waals surface area contributed by atoms with Gasteiger partial charge in [-0.15, -0.1) is 0 Å². The molecule has 1 amide bonds. The van der Waals surface area contributed by atoms with Crippen LogP contribution in [-0.2, 0) is 7.05 Å². The van der Waals surface area contributed by atoms with Crippen molar-refractivity contribution in [1.82, 2.24) is 15.1 Å². The minimum atomic E-state index is -4.74. The van der Waals surface area contributed by atoms with Crippen LogP contribution in [-0.4, -0.2) is 39.6 Å². The topological polar surface area (TPSA) is 67.2 Å². The van der Waals surface area contributed by atoms with Gasteiger partial charge in [0.05, 0.1) is 6.54 Å². The summed E-state index contributed by atoms with van der Waals surface area (Å²) in [5.41, 5.74) is 0.120. The second-order valence-electron chi connectivity index (χ2n) is 3.11. The second-order valence-corrected chi connectivity index (χ2v) is 3.11. The third-order valence-corrected chi connectivity index (χ3v) is 1.89. The molecule has 0 saturated carbocycles. The number of aliphatic hydroxyl groups is 1. The van der Waals surface area contributed by atoms with Crippen molar-refractivity contribution in [2.75, 3.05) is 6.54 Å². The highest BCUT2D eigenvalue weighted by molar-refractivity contribution is 5.92. The Morgan fingerprint density at radius 2 is 2.31 bits per heavy atom. The van der Waals surface area contributed by atoms with Crippen molar-refractivity contribution in [3.8, 4) is 0 Å². The maximum Gasteiger partial charge on any atom is 0.416 e. The molecule has 1 atom stereocenters. The van der Waals surface area contributed by atoms with Gasteiger partial charge >= 0.3 is 6.18 Å². The van der Waals surface area contributed by atoms with Crippen molar-refractivity contribution in [1.29, 1.82) is 0 Å². The smallest absolute Gasteiger partial charge is 0.382 e. The molecule has 90 valence electrons. The molecule has 1 aromatic rings. The minimum absolute atomic E-state index is 0.120. The van der Waals surface area contributed by atoms with Crippen LogP contribution in [0.4, 0.5) is 13.2 Å². The van der Waals surface area contributed by atoms with Crippen molar-refractivity contribution in [3.63, 3.8) is 0 Å². The van der Waals surface area contributed by atoms with Gasteiger partial charge in [0.1, 0.15) is 5.69 Å². The van der Waals surface area contributed by atoms with E-state index in [2.05, 4.69) is 5.10 Å². The first kappa shape index (κ1) is 12.5. The fraction of sp³-hybridized carbons (Fsp3) is 0.500. The zero-order valence-electron chi connectivity index (χ0n) is 8.32. The van der Waals surface area contributed by atoms with Crippen LogP contribution < -0.4 is 5.32 Å². The monoisotopic (exact) mass is 237 g/mol. The molecule has 0 spiro atoms. The molecule has 0 aliphatic carbocycles. The van der Waals surface area contributed by atoms with Gasteiger partial charge in [0, 0.05) is 13.2 Å². The first-order valence-corrected chi connectivity index (χ1v) is 4.33. The van der Waals surface area contributed by atoms with Crippen LogP contribution in [0, 0.1) is 0 Å². The molecule has 0 saturated heterocycles. The number of alkyl halides is 3. The molecule has 8 heteroatoms. The van der Waals surface area contributed by atoms with Crippen LogP contribution >= 0.6 is 0 Å². The Balaban J connectivity index is 2.52. The maximum absolute atomic E-state index is 11.9. The lowest BCUT2D eigenvalue weighted by molar-refractivity contribution is -0.201. The molecule has 16 heavy (non-hydrogen) atoms. The number of carbonyl (C=O) groups excluding carboxylic acids is 1. The van der Waals surface area contributed by atoms with Gasteiger partial charge in [0.25, 0.3) is 5.91 Å². The third-order valence-electron chi connectivity index (χ3n) is 1.89. The van der Waals surface area contributed by atoms with E-state index in [1.54, 1.807) is 0 Å². The van der Waals surface area contributed by atoms with Gasteiger partial charge < -0.3 is 10.4 Å². The summed E-state index contributed by atoms with van der Waals surface area (Å²) in [6, 6.07) is 1.36. The summed E-state index contributed by atoms with van der Waals surface area (Å²) in [5, 5.41) is 14.3. The van der Waals surface area contributed by atoms with Gasteiger partial charge in [-0.2, -0.15) is 18.3 Å². The summed E-state index contributed by atoms with van der Waals surface area (Å²) in [5.74, 6) is -0.719. The standard InChI is InChI=1S/C8H10F3N3O2/c1-14-5(2-3-13-14)7(16)12-4-6(15)8(9,10)11/h2-3,6,15H,4H2,1H3,(H,12,16). The molecule has 1 rings (SSSR count). The van der Waals surface area contributed by atoms with Crippen LogP contribution in [0.3, 0.4) is 0 Å². The Morgan fingerprint density at radius 3 is 2.75 bits per heavy atom. The number of aryl methyl sites for hydroxylation is 1. The Morgan fingerprint density at radius 1 is 1.69 bits per heavy atom. The molecule has 0 aromatic carbocycles. The first-order valence-electron chi connectivity index (χ1n) is 4.33. The van der Waals surface area contributed by atoms with E-state index in [9.17, 15) is 18.0 Å². The van der Waals surface area contributed by atoms with E-state index in [1.165, 1.54) is 24.0 Å². The number of amides is 1. The predicted octanol–water partition coefficient (Wildman–Crippen LogP) is 0.0731. The van der Waals surface area contributed by atoms with Crippen LogP contribution in [0.15, 0.2) is 12.3 Å². The fourth-order valence-corrected chi connectivity index (χ4v) is 0.992. The summed E-state index contributed by atoms with van der Waals surface area (Å²) in [6.45, 7) is -0.881. The molecule has 0 bridgehead atoms.